The Bertz CT molecular complexity index is 1960. The average molecular weight is 831 g/mol. The lowest BCUT2D eigenvalue weighted by atomic mass is 9.12. The lowest BCUT2D eigenvalue weighted by Crippen LogP contribution is -2.81. The van der Waals surface area contributed by atoms with Crippen LogP contribution in [-0.4, -0.2) is 6.15 Å². The van der Waals surface area contributed by atoms with Gasteiger partial charge in [0.05, 0.1) is 0 Å². The summed E-state index contributed by atoms with van der Waals surface area (Å²) in [6.07, 6.45) is -4.90. The molecule has 0 atom stereocenters. The van der Waals surface area contributed by atoms with Crippen LogP contribution in [0.3, 0.4) is 0 Å². The van der Waals surface area contributed by atoms with Crippen LogP contribution in [0.2, 0.25) is 0 Å². The molecule has 5 rings (SSSR count). The molecule has 56 heavy (non-hydrogen) atoms. The molecule has 0 aromatic heterocycles. The van der Waals surface area contributed by atoms with E-state index in [9.17, 15) is 52.7 Å². The zero-order valence-electron chi connectivity index (χ0n) is 27.9. The first-order chi connectivity index (χ1) is 25.6. The van der Waals surface area contributed by atoms with E-state index in [4.69, 9.17) is 0 Å². The molecule has 0 aliphatic rings. The first kappa shape index (κ1) is 45.1. The highest BCUT2D eigenvalue weighted by Crippen LogP contribution is 2.30. The Morgan fingerprint density at radius 3 is 0.571 bits per heavy atom. The smallest absolute Gasteiger partial charge is 0.200 e. The maximum Gasteiger partial charge on any atom is 0.200 e. The van der Waals surface area contributed by atoms with Crippen LogP contribution >= 0.6 is 0 Å². The van der Waals surface area contributed by atoms with Gasteiger partial charge in [0.2, 0.25) is 0 Å². The summed E-state index contributed by atoms with van der Waals surface area (Å²) in [5.74, 6) is -71.4. The topological polar surface area (TPSA) is 36.5 Å². The monoisotopic (exact) mass is 831 g/mol. The van der Waals surface area contributed by atoms with Crippen LogP contribution < -0.4 is 28.0 Å². The Kier molecular flexibility index (Phi) is 13.2. The molecule has 4 N–H and O–H groups in total. The van der Waals surface area contributed by atoms with Crippen molar-refractivity contribution in [3.8, 4) is 0 Å². The fourth-order valence-corrected chi connectivity index (χ4v) is 6.12. The van der Waals surface area contributed by atoms with Gasteiger partial charge in [-0.05, 0) is 24.0 Å². The minimum atomic E-state index is -7.22. The van der Waals surface area contributed by atoms with Crippen molar-refractivity contribution in [2.45, 2.75) is 26.7 Å². The van der Waals surface area contributed by atoms with Gasteiger partial charge < -0.3 is 6.15 Å². The number of quaternary nitrogens is 1. The summed E-state index contributed by atoms with van der Waals surface area (Å²) in [7, 11) is 0. The molecule has 0 bridgehead atoms. The number of aryl methyl sites for hydroxylation is 2. The van der Waals surface area contributed by atoms with Gasteiger partial charge in [-0.2, -0.15) is 0 Å². The van der Waals surface area contributed by atoms with Gasteiger partial charge in [-0.3, -0.25) is 0 Å². The molecule has 0 aliphatic carbocycles. The van der Waals surface area contributed by atoms with Crippen LogP contribution in [-0.2, 0) is 12.8 Å². The van der Waals surface area contributed by atoms with Gasteiger partial charge in [0.1, 0.15) is 52.7 Å². The van der Waals surface area contributed by atoms with E-state index >= 15 is 35.1 Å². The van der Waals surface area contributed by atoms with E-state index in [2.05, 4.69) is 38.1 Å². The Morgan fingerprint density at radius 1 is 0.286 bits per heavy atom. The van der Waals surface area contributed by atoms with Crippen molar-refractivity contribution in [2.75, 3.05) is 0 Å². The molecule has 5 aromatic carbocycles. The van der Waals surface area contributed by atoms with Crippen molar-refractivity contribution in [1.82, 2.24) is 6.15 Å². The minimum absolute atomic E-state index is 0. The minimum Gasteiger partial charge on any atom is -0.369 e. The molecule has 0 saturated carbocycles. The maximum atomic E-state index is 15.4. The van der Waals surface area contributed by atoms with Crippen molar-refractivity contribution in [1.29, 1.82) is 0 Å². The van der Waals surface area contributed by atoms with Gasteiger partial charge >= 0.3 is 0 Å². The van der Waals surface area contributed by atoms with Crippen LogP contribution in [0.15, 0.2) is 24.3 Å². The highest BCUT2D eigenvalue weighted by molar-refractivity contribution is 7.20. The van der Waals surface area contributed by atoms with Gasteiger partial charge in [-0.1, -0.05) is 38.1 Å². The van der Waals surface area contributed by atoms with Crippen LogP contribution in [0.5, 0.6) is 0 Å². The van der Waals surface area contributed by atoms with Crippen LogP contribution in [0.4, 0.5) is 87.8 Å². The zero-order chi connectivity index (χ0) is 41.8. The molecule has 302 valence electrons. The Hall–Kier alpha value is -5.28. The second-order valence-corrected chi connectivity index (χ2v) is 11.3. The van der Waals surface area contributed by atoms with E-state index in [0.717, 1.165) is 12.8 Å². The van der Waals surface area contributed by atoms with E-state index in [1.54, 1.807) is 0 Å². The average Bonchev–Trinajstić information content (AvgIpc) is 3.17. The molecule has 22 heteroatoms. The van der Waals surface area contributed by atoms with Gasteiger partial charge in [0.15, 0.2) is 69.8 Å². The molecular weight excluding hydrogens is 813 g/mol. The fraction of sp³-hybridized carbons (Fsp3) is 0.118. The van der Waals surface area contributed by atoms with E-state index in [-0.39, 0.29) is 6.15 Å². The summed E-state index contributed by atoms with van der Waals surface area (Å²) >= 11 is 0. The third kappa shape index (κ3) is 6.59. The van der Waals surface area contributed by atoms with Gasteiger partial charge in [-0.15, -0.1) is 21.9 Å². The van der Waals surface area contributed by atoms with Crippen molar-refractivity contribution >= 4 is 28.0 Å². The number of benzene rings is 5. The summed E-state index contributed by atoms with van der Waals surface area (Å²) in [4.78, 5) is 0. The van der Waals surface area contributed by atoms with Crippen LogP contribution in [0.1, 0.15) is 25.0 Å². The summed E-state index contributed by atoms with van der Waals surface area (Å²) < 4.78 is 294. The Balaban J connectivity index is 0.000000664. The second-order valence-electron chi connectivity index (χ2n) is 11.3. The molecule has 1 nitrogen and oxygen atoms in total. The largest absolute Gasteiger partial charge is 0.369 e. The summed E-state index contributed by atoms with van der Waals surface area (Å²) in [6.45, 7) is 4.41. The molecule has 5 aromatic rings. The molecule has 0 spiro atoms. The fourth-order valence-electron chi connectivity index (χ4n) is 6.12. The van der Waals surface area contributed by atoms with E-state index in [1.165, 1.54) is 11.1 Å². The SMILES string of the molecule is CCc1ccccc1CC.Fc1c(F)c(F)c([B-](c2c(F)c(F)c(F)c(F)c2F)(c2c(F)c(F)c(F)c(F)c2F)c2c(F)c(F)c(F)c(F)c2F)c(F)c1F.[NH4+]. The number of hydrogen-bond acceptors (Lipinski definition) is 0. The van der Waals surface area contributed by atoms with Gasteiger partial charge in [0, 0.05) is 0 Å². The van der Waals surface area contributed by atoms with E-state index < -0.39 is 144 Å². The summed E-state index contributed by atoms with van der Waals surface area (Å²) in [6, 6.07) is 8.63. The predicted octanol–water partition coefficient (Wildman–Crippen LogP) is 9.03. The first-order valence-corrected chi connectivity index (χ1v) is 14.9. The molecule has 0 fully saturated rings. The zero-order valence-corrected chi connectivity index (χ0v) is 27.9. The molecule has 0 heterocycles. The molecule has 0 saturated heterocycles. The van der Waals surface area contributed by atoms with E-state index in [0.29, 0.717) is 0 Å². The summed E-state index contributed by atoms with van der Waals surface area (Å²) in [5, 5.41) is 0. The summed E-state index contributed by atoms with van der Waals surface area (Å²) in [5.41, 5.74) is -11.3. The second kappa shape index (κ2) is 16.4. The molecular formula is C34H18BF20N. The van der Waals surface area contributed by atoms with Gasteiger partial charge in [-0.25, -0.2) is 87.8 Å². The molecule has 0 radical (unpaired) electrons. The number of rotatable bonds is 6. The third-order valence-corrected chi connectivity index (χ3v) is 8.59. The predicted molar refractivity (Wildman–Crippen MR) is 160 cm³/mol. The Morgan fingerprint density at radius 2 is 0.429 bits per heavy atom. The normalized spacial score (nSPS) is 11.4. The maximum absolute atomic E-state index is 15.4. The van der Waals surface area contributed by atoms with Crippen LogP contribution in [0, 0.1) is 116 Å². The van der Waals surface area contributed by atoms with Gasteiger partial charge in [0.25, 0.3) is 0 Å². The highest BCUT2D eigenvalue weighted by Gasteiger charge is 2.52. The third-order valence-electron chi connectivity index (χ3n) is 8.59. The van der Waals surface area contributed by atoms with Crippen molar-refractivity contribution in [3.05, 3.63) is 152 Å². The lowest BCUT2D eigenvalue weighted by molar-refractivity contribution is 0.378. The standard InChI is InChI=1S/C24BF20.C10H14.H3N/c26-5-1(6(27)14(35)21(42)13(5)34)25(2-7(28)15(36)22(43)16(37)8(2)29,3-9(30)17(38)23(44)18(39)10(3)31)4-11(32)19(40)24(45)20(41)12(4)33;1-3-9-7-5-6-8-10(9)4-2;/h;5-8H,3-4H2,1-2H3;1H3/q-1;;/p+1. The van der Waals surface area contributed by atoms with Crippen molar-refractivity contribution in [2.24, 2.45) is 0 Å². The number of halogens is 20. The Labute approximate surface area is 300 Å². The molecule has 0 unspecified atom stereocenters. The molecule has 0 aliphatic heterocycles. The van der Waals surface area contributed by atoms with Crippen molar-refractivity contribution < 1.29 is 87.8 Å². The first-order valence-electron chi connectivity index (χ1n) is 14.9. The lowest BCUT2D eigenvalue weighted by Gasteiger charge is -2.44. The molecule has 0 amide bonds. The van der Waals surface area contributed by atoms with Crippen molar-refractivity contribution in [3.63, 3.8) is 0 Å². The van der Waals surface area contributed by atoms with E-state index in [1.807, 2.05) is 0 Å². The quantitative estimate of drug-likeness (QED) is 0.0769. The van der Waals surface area contributed by atoms with Crippen LogP contribution in [0.25, 0.3) is 0 Å². The highest BCUT2D eigenvalue weighted by atomic mass is 19.2. The number of hydrogen-bond donors (Lipinski definition) is 1.